The summed E-state index contributed by atoms with van der Waals surface area (Å²) in [6, 6.07) is 0. The number of rotatable bonds is 6. The highest BCUT2D eigenvalue weighted by molar-refractivity contribution is 4.75. The van der Waals surface area contributed by atoms with Gasteiger partial charge in [-0.25, -0.2) is 0 Å². The van der Waals surface area contributed by atoms with Gasteiger partial charge in [0.05, 0.1) is 18.8 Å². The predicted octanol–water partition coefficient (Wildman–Crippen LogP) is 1.72. The molecule has 2 atom stereocenters. The van der Waals surface area contributed by atoms with Gasteiger partial charge in [-0.05, 0) is 19.4 Å². The first-order valence-corrected chi connectivity index (χ1v) is 5.52. The SMILES string of the molecule is CCNCC1CCC(COCC(F)(F)F)O1. The standard InChI is InChI=1S/C10H18F3NO2/c1-2-14-5-8-3-4-9(16-8)6-15-7-10(11,12)13/h8-9,14H,2-7H2,1H3. The molecule has 96 valence electrons. The van der Waals surface area contributed by atoms with Crippen molar-refractivity contribution in [3.63, 3.8) is 0 Å². The molecule has 0 bridgehead atoms. The van der Waals surface area contributed by atoms with E-state index in [1.165, 1.54) is 0 Å². The molecule has 0 aromatic carbocycles. The van der Waals surface area contributed by atoms with Gasteiger partial charge in [0.2, 0.25) is 0 Å². The number of ether oxygens (including phenoxy) is 2. The highest BCUT2D eigenvalue weighted by Gasteiger charge is 2.30. The van der Waals surface area contributed by atoms with Crippen molar-refractivity contribution in [2.24, 2.45) is 0 Å². The van der Waals surface area contributed by atoms with Crippen LogP contribution in [0.15, 0.2) is 0 Å². The molecule has 1 rings (SSSR count). The van der Waals surface area contributed by atoms with Crippen LogP contribution in [-0.2, 0) is 9.47 Å². The Morgan fingerprint density at radius 1 is 1.31 bits per heavy atom. The third-order valence-electron chi connectivity index (χ3n) is 2.39. The van der Waals surface area contributed by atoms with Gasteiger partial charge in [0, 0.05) is 6.54 Å². The molecule has 1 heterocycles. The van der Waals surface area contributed by atoms with Crippen LogP contribution in [0, 0.1) is 0 Å². The van der Waals surface area contributed by atoms with Crippen LogP contribution < -0.4 is 5.32 Å². The Hall–Kier alpha value is -0.330. The minimum absolute atomic E-state index is 0.0299. The molecule has 1 N–H and O–H groups in total. The van der Waals surface area contributed by atoms with Gasteiger partial charge < -0.3 is 14.8 Å². The van der Waals surface area contributed by atoms with E-state index in [1.807, 2.05) is 6.92 Å². The van der Waals surface area contributed by atoms with E-state index in [2.05, 4.69) is 10.1 Å². The maximum absolute atomic E-state index is 11.8. The van der Waals surface area contributed by atoms with Crippen molar-refractivity contribution in [3.05, 3.63) is 0 Å². The first-order chi connectivity index (χ1) is 7.51. The van der Waals surface area contributed by atoms with Crippen molar-refractivity contribution in [3.8, 4) is 0 Å². The number of alkyl halides is 3. The Balaban J connectivity index is 2.07. The van der Waals surface area contributed by atoms with Crippen LogP contribution in [0.2, 0.25) is 0 Å². The van der Waals surface area contributed by atoms with Crippen molar-refractivity contribution < 1.29 is 22.6 Å². The molecule has 0 amide bonds. The van der Waals surface area contributed by atoms with E-state index in [-0.39, 0.29) is 18.8 Å². The molecule has 0 aliphatic carbocycles. The van der Waals surface area contributed by atoms with Gasteiger partial charge in [0.1, 0.15) is 6.61 Å². The van der Waals surface area contributed by atoms with Gasteiger partial charge in [0.15, 0.2) is 0 Å². The minimum atomic E-state index is -4.25. The summed E-state index contributed by atoms with van der Waals surface area (Å²) < 4.78 is 45.5. The molecule has 1 saturated heterocycles. The average molecular weight is 241 g/mol. The Kier molecular flexibility index (Phi) is 5.51. The second kappa shape index (κ2) is 6.42. The lowest BCUT2D eigenvalue weighted by atomic mass is 10.2. The lowest BCUT2D eigenvalue weighted by molar-refractivity contribution is -0.180. The van der Waals surface area contributed by atoms with Gasteiger partial charge in [-0.2, -0.15) is 13.2 Å². The molecular formula is C10H18F3NO2. The van der Waals surface area contributed by atoms with Crippen molar-refractivity contribution in [1.29, 1.82) is 0 Å². The highest BCUT2D eigenvalue weighted by atomic mass is 19.4. The van der Waals surface area contributed by atoms with Crippen LogP contribution in [-0.4, -0.2) is 44.7 Å². The van der Waals surface area contributed by atoms with Gasteiger partial charge in [0.25, 0.3) is 0 Å². The molecule has 16 heavy (non-hydrogen) atoms. The molecule has 2 unspecified atom stereocenters. The maximum atomic E-state index is 11.8. The monoisotopic (exact) mass is 241 g/mol. The fourth-order valence-corrected chi connectivity index (χ4v) is 1.66. The maximum Gasteiger partial charge on any atom is 0.411 e. The predicted molar refractivity (Wildman–Crippen MR) is 53.3 cm³/mol. The Morgan fingerprint density at radius 3 is 2.62 bits per heavy atom. The Labute approximate surface area is 93.3 Å². The van der Waals surface area contributed by atoms with Crippen molar-refractivity contribution in [2.75, 3.05) is 26.3 Å². The summed E-state index contributed by atoms with van der Waals surface area (Å²) in [6.45, 7) is 2.47. The molecule has 1 aliphatic heterocycles. The first-order valence-electron chi connectivity index (χ1n) is 5.52. The zero-order valence-corrected chi connectivity index (χ0v) is 9.35. The molecule has 3 nitrogen and oxygen atoms in total. The van der Waals surface area contributed by atoms with Crippen LogP contribution in [0.5, 0.6) is 0 Å². The number of halogens is 3. The van der Waals surface area contributed by atoms with E-state index in [1.54, 1.807) is 0 Å². The topological polar surface area (TPSA) is 30.5 Å². The molecule has 0 radical (unpaired) electrons. The third-order valence-corrected chi connectivity index (χ3v) is 2.39. The van der Waals surface area contributed by atoms with Crippen molar-refractivity contribution in [2.45, 2.75) is 38.1 Å². The zero-order chi connectivity index (χ0) is 12.0. The lowest BCUT2D eigenvalue weighted by Gasteiger charge is -2.14. The molecule has 1 fully saturated rings. The van der Waals surface area contributed by atoms with E-state index < -0.39 is 12.8 Å². The van der Waals surface area contributed by atoms with E-state index in [4.69, 9.17) is 4.74 Å². The normalized spacial score (nSPS) is 26.2. The quantitative estimate of drug-likeness (QED) is 0.768. The minimum Gasteiger partial charge on any atom is -0.371 e. The molecule has 0 aromatic rings. The molecule has 0 spiro atoms. The summed E-state index contributed by atoms with van der Waals surface area (Å²) in [5.74, 6) is 0. The summed E-state index contributed by atoms with van der Waals surface area (Å²) in [5, 5.41) is 3.15. The third kappa shape index (κ3) is 5.67. The van der Waals surface area contributed by atoms with E-state index in [0.29, 0.717) is 0 Å². The van der Waals surface area contributed by atoms with E-state index in [0.717, 1.165) is 25.9 Å². The highest BCUT2D eigenvalue weighted by Crippen LogP contribution is 2.21. The van der Waals surface area contributed by atoms with Crippen LogP contribution in [0.4, 0.5) is 13.2 Å². The lowest BCUT2D eigenvalue weighted by Crippen LogP contribution is -2.28. The van der Waals surface area contributed by atoms with Gasteiger partial charge in [-0.3, -0.25) is 0 Å². The molecule has 0 aromatic heterocycles. The van der Waals surface area contributed by atoms with Crippen LogP contribution >= 0.6 is 0 Å². The Bertz CT molecular complexity index is 199. The average Bonchev–Trinajstić information content (AvgIpc) is 2.61. The van der Waals surface area contributed by atoms with Gasteiger partial charge in [-0.1, -0.05) is 6.92 Å². The van der Waals surface area contributed by atoms with Crippen LogP contribution in [0.1, 0.15) is 19.8 Å². The number of hydrogen-bond acceptors (Lipinski definition) is 3. The summed E-state index contributed by atoms with van der Waals surface area (Å²) in [6.07, 6.45) is -2.67. The summed E-state index contributed by atoms with van der Waals surface area (Å²) in [5.41, 5.74) is 0. The van der Waals surface area contributed by atoms with Gasteiger partial charge >= 0.3 is 6.18 Å². The first kappa shape index (κ1) is 13.7. The Morgan fingerprint density at radius 2 is 2.00 bits per heavy atom. The summed E-state index contributed by atoms with van der Waals surface area (Å²) in [7, 11) is 0. The summed E-state index contributed by atoms with van der Waals surface area (Å²) >= 11 is 0. The van der Waals surface area contributed by atoms with Crippen LogP contribution in [0.25, 0.3) is 0 Å². The molecular weight excluding hydrogens is 223 g/mol. The number of likely N-dealkylation sites (N-methyl/N-ethyl adjacent to an activating group) is 1. The molecule has 0 saturated carbocycles. The van der Waals surface area contributed by atoms with E-state index in [9.17, 15) is 13.2 Å². The fraction of sp³-hybridized carbons (Fsp3) is 1.00. The smallest absolute Gasteiger partial charge is 0.371 e. The number of hydrogen-bond donors (Lipinski definition) is 1. The second-order valence-corrected chi connectivity index (χ2v) is 3.90. The van der Waals surface area contributed by atoms with E-state index >= 15 is 0 Å². The van der Waals surface area contributed by atoms with Crippen LogP contribution in [0.3, 0.4) is 0 Å². The fourth-order valence-electron chi connectivity index (χ4n) is 1.66. The molecule has 6 heteroatoms. The van der Waals surface area contributed by atoms with Crippen molar-refractivity contribution >= 4 is 0 Å². The largest absolute Gasteiger partial charge is 0.411 e. The van der Waals surface area contributed by atoms with Crippen molar-refractivity contribution in [1.82, 2.24) is 5.32 Å². The number of nitrogens with one attached hydrogen (secondary N) is 1. The molecule has 1 aliphatic rings. The zero-order valence-electron chi connectivity index (χ0n) is 9.35. The summed E-state index contributed by atoms with van der Waals surface area (Å²) in [4.78, 5) is 0. The van der Waals surface area contributed by atoms with Gasteiger partial charge in [-0.15, -0.1) is 0 Å². The second-order valence-electron chi connectivity index (χ2n) is 3.90.